The lowest BCUT2D eigenvalue weighted by atomic mass is 9.95. The number of hydrogen-bond acceptors (Lipinski definition) is 0. The summed E-state index contributed by atoms with van der Waals surface area (Å²) in [6, 6.07) is 0. The van der Waals surface area contributed by atoms with Crippen molar-refractivity contribution < 1.29 is 0 Å². The number of halogens is 1. The van der Waals surface area contributed by atoms with Crippen LogP contribution in [0.1, 0.15) is 6.92 Å². The molecule has 0 heterocycles. The fourth-order valence-corrected chi connectivity index (χ4v) is 1.06. The zero-order valence-electron chi connectivity index (χ0n) is 6.10. The van der Waals surface area contributed by atoms with Crippen LogP contribution in [0.3, 0.4) is 0 Å². The lowest BCUT2D eigenvalue weighted by Gasteiger charge is -2.12. The van der Waals surface area contributed by atoms with Gasteiger partial charge in [0, 0.05) is 5.88 Å². The van der Waals surface area contributed by atoms with E-state index < -0.39 is 0 Å². The van der Waals surface area contributed by atoms with E-state index in [2.05, 4.69) is 31.7 Å². The van der Waals surface area contributed by atoms with Crippen molar-refractivity contribution in [1.29, 1.82) is 0 Å². The molecule has 0 N–H and O–H groups in total. The molecular formula is C9H11Cl. The molecule has 0 fully saturated rings. The number of hydrogen-bond donors (Lipinski definition) is 0. The second kappa shape index (κ2) is 3.07. The van der Waals surface area contributed by atoms with Crippen LogP contribution >= 0.6 is 11.6 Å². The van der Waals surface area contributed by atoms with Gasteiger partial charge in [0.05, 0.1) is 0 Å². The van der Waals surface area contributed by atoms with Crippen LogP contribution in [0.25, 0.3) is 0 Å². The molecule has 0 radical (unpaired) electrons. The molecule has 54 valence electrons. The Labute approximate surface area is 66.9 Å². The molecule has 0 aromatic rings. The molecule has 0 nitrogen and oxygen atoms in total. The van der Waals surface area contributed by atoms with E-state index in [9.17, 15) is 0 Å². The summed E-state index contributed by atoms with van der Waals surface area (Å²) in [5.41, 5.74) is 2.31. The fourth-order valence-electron chi connectivity index (χ4n) is 0.892. The fraction of sp³-hybridized carbons (Fsp3) is 0.333. The zero-order valence-corrected chi connectivity index (χ0v) is 6.86. The van der Waals surface area contributed by atoms with Gasteiger partial charge < -0.3 is 0 Å². The third-order valence-corrected chi connectivity index (χ3v) is 2.02. The summed E-state index contributed by atoms with van der Waals surface area (Å²) in [6.45, 7) is 6.03. The number of rotatable bonds is 1. The number of alkyl halides is 1. The van der Waals surface area contributed by atoms with E-state index in [1.807, 2.05) is 0 Å². The molecule has 0 aromatic carbocycles. The van der Waals surface area contributed by atoms with Gasteiger partial charge in [-0.2, -0.15) is 0 Å². The normalized spacial score (nSPS) is 24.8. The predicted molar refractivity (Wildman–Crippen MR) is 46.2 cm³/mol. The van der Waals surface area contributed by atoms with E-state index in [1.54, 1.807) is 0 Å². The molecule has 1 atom stereocenters. The van der Waals surface area contributed by atoms with Crippen LogP contribution in [0, 0.1) is 5.92 Å². The van der Waals surface area contributed by atoms with E-state index in [0.717, 1.165) is 11.1 Å². The highest BCUT2D eigenvalue weighted by Crippen LogP contribution is 2.20. The van der Waals surface area contributed by atoms with Gasteiger partial charge in [0.1, 0.15) is 0 Å². The molecule has 1 rings (SSSR count). The van der Waals surface area contributed by atoms with Crippen LogP contribution in [-0.2, 0) is 0 Å². The van der Waals surface area contributed by atoms with Crippen LogP contribution in [-0.4, -0.2) is 5.88 Å². The van der Waals surface area contributed by atoms with E-state index in [1.165, 1.54) is 0 Å². The first kappa shape index (κ1) is 7.62. The molecule has 0 bridgehead atoms. The molecule has 0 saturated carbocycles. The number of allylic oxidation sites excluding steroid dienone is 5. The molecule has 0 aliphatic heterocycles. The highest BCUT2D eigenvalue weighted by Gasteiger charge is 2.05. The Morgan fingerprint density at radius 3 is 2.90 bits per heavy atom. The van der Waals surface area contributed by atoms with Crippen LogP contribution in [0.4, 0.5) is 0 Å². The van der Waals surface area contributed by atoms with E-state index in [4.69, 9.17) is 11.6 Å². The standard InChI is InChI=1S/C9H11Cl/c1-7-3-4-9(6-10)5-8(7)2/h3-5,7H,2,6H2,1H3. The summed E-state index contributed by atoms with van der Waals surface area (Å²) in [5.74, 6) is 1.06. The summed E-state index contributed by atoms with van der Waals surface area (Å²) >= 11 is 5.63. The minimum absolute atomic E-state index is 0.479. The average Bonchev–Trinajstić information content (AvgIpc) is 1.95. The van der Waals surface area contributed by atoms with Gasteiger partial charge in [0.25, 0.3) is 0 Å². The second-order valence-corrected chi connectivity index (χ2v) is 2.84. The molecule has 0 saturated heterocycles. The Kier molecular flexibility index (Phi) is 2.34. The molecular weight excluding hydrogens is 144 g/mol. The lowest BCUT2D eigenvalue weighted by molar-refractivity contribution is 0.882. The van der Waals surface area contributed by atoms with Gasteiger partial charge in [0.15, 0.2) is 0 Å². The third-order valence-electron chi connectivity index (χ3n) is 1.71. The van der Waals surface area contributed by atoms with Crippen LogP contribution < -0.4 is 0 Å². The summed E-state index contributed by atoms with van der Waals surface area (Å²) in [7, 11) is 0. The average molecular weight is 155 g/mol. The van der Waals surface area contributed by atoms with E-state index in [0.29, 0.717) is 11.8 Å². The quantitative estimate of drug-likeness (QED) is 0.510. The Hall–Kier alpha value is -0.490. The maximum absolute atomic E-state index is 5.63. The third kappa shape index (κ3) is 1.51. The lowest BCUT2D eigenvalue weighted by Crippen LogP contribution is -1.98. The predicted octanol–water partition coefficient (Wildman–Crippen LogP) is 2.91. The van der Waals surface area contributed by atoms with Gasteiger partial charge in [-0.1, -0.05) is 31.7 Å². The zero-order chi connectivity index (χ0) is 7.56. The first-order valence-electron chi connectivity index (χ1n) is 3.37. The van der Waals surface area contributed by atoms with E-state index >= 15 is 0 Å². The Morgan fingerprint density at radius 2 is 2.40 bits per heavy atom. The van der Waals surface area contributed by atoms with Crippen molar-refractivity contribution in [1.82, 2.24) is 0 Å². The van der Waals surface area contributed by atoms with Crippen molar-refractivity contribution in [3.05, 3.63) is 36.0 Å². The van der Waals surface area contributed by atoms with Crippen LogP contribution in [0.5, 0.6) is 0 Å². The molecule has 0 spiro atoms. The first-order valence-corrected chi connectivity index (χ1v) is 3.91. The smallest absolute Gasteiger partial charge is 0.0474 e. The van der Waals surface area contributed by atoms with E-state index in [-0.39, 0.29) is 0 Å². The SMILES string of the molecule is C=C1C=C(CCl)C=CC1C. The van der Waals surface area contributed by atoms with Crippen molar-refractivity contribution >= 4 is 11.6 Å². The summed E-state index contributed by atoms with van der Waals surface area (Å²) in [5, 5.41) is 0. The topological polar surface area (TPSA) is 0 Å². The van der Waals surface area contributed by atoms with Gasteiger partial charge >= 0.3 is 0 Å². The Balaban J connectivity index is 2.76. The van der Waals surface area contributed by atoms with Crippen molar-refractivity contribution in [2.45, 2.75) is 6.92 Å². The minimum atomic E-state index is 0.479. The highest BCUT2D eigenvalue weighted by molar-refractivity contribution is 6.19. The van der Waals surface area contributed by atoms with Gasteiger partial charge in [-0.3, -0.25) is 0 Å². The van der Waals surface area contributed by atoms with Crippen LogP contribution in [0.2, 0.25) is 0 Å². The summed E-state index contributed by atoms with van der Waals surface area (Å²) in [6.07, 6.45) is 6.24. The monoisotopic (exact) mass is 154 g/mol. The van der Waals surface area contributed by atoms with Crippen molar-refractivity contribution in [3.8, 4) is 0 Å². The Morgan fingerprint density at radius 1 is 1.70 bits per heavy atom. The molecule has 1 unspecified atom stereocenters. The first-order chi connectivity index (χ1) is 4.74. The molecule has 0 amide bonds. The molecule has 0 aromatic heterocycles. The van der Waals surface area contributed by atoms with Gasteiger partial charge in [-0.05, 0) is 17.1 Å². The second-order valence-electron chi connectivity index (χ2n) is 2.58. The molecule has 1 heteroatoms. The maximum atomic E-state index is 5.63. The highest BCUT2D eigenvalue weighted by atomic mass is 35.5. The van der Waals surface area contributed by atoms with Crippen molar-refractivity contribution in [2.75, 3.05) is 5.88 Å². The summed E-state index contributed by atoms with van der Waals surface area (Å²) in [4.78, 5) is 0. The minimum Gasteiger partial charge on any atom is -0.122 e. The summed E-state index contributed by atoms with van der Waals surface area (Å²) < 4.78 is 0. The van der Waals surface area contributed by atoms with Gasteiger partial charge in [-0.15, -0.1) is 11.6 Å². The van der Waals surface area contributed by atoms with Crippen molar-refractivity contribution in [2.24, 2.45) is 5.92 Å². The molecule has 1 aliphatic carbocycles. The Bertz CT molecular complexity index is 199. The van der Waals surface area contributed by atoms with Crippen LogP contribution in [0.15, 0.2) is 36.0 Å². The largest absolute Gasteiger partial charge is 0.122 e. The maximum Gasteiger partial charge on any atom is 0.0474 e. The molecule has 1 aliphatic rings. The van der Waals surface area contributed by atoms with Gasteiger partial charge in [-0.25, -0.2) is 0 Å². The van der Waals surface area contributed by atoms with Gasteiger partial charge in [0.2, 0.25) is 0 Å². The molecule has 10 heavy (non-hydrogen) atoms. The van der Waals surface area contributed by atoms with Crippen molar-refractivity contribution in [3.63, 3.8) is 0 Å².